The summed E-state index contributed by atoms with van der Waals surface area (Å²) >= 11 is 0. The second-order valence-corrected chi connectivity index (χ2v) is 6.27. The Morgan fingerprint density at radius 3 is 2.61 bits per heavy atom. The topological polar surface area (TPSA) is 88.3 Å². The molecule has 102 valence electrons. The first-order chi connectivity index (χ1) is 8.22. The molecule has 0 aliphatic carbocycles. The zero-order valence-corrected chi connectivity index (χ0v) is 11.7. The maximum Gasteiger partial charge on any atom is 0.354 e. The largest absolute Gasteiger partial charge is 0.464 e. The van der Waals surface area contributed by atoms with E-state index in [2.05, 4.69) is 14.4 Å². The number of carbonyl (C=O) groups excluding carboxylic acids is 1. The maximum absolute atomic E-state index is 12.0. The van der Waals surface area contributed by atoms with Crippen LogP contribution < -0.4 is 4.72 Å². The molecule has 6 nitrogen and oxygen atoms in total. The summed E-state index contributed by atoms with van der Waals surface area (Å²) in [4.78, 5) is 13.8. The number of esters is 1. The van der Waals surface area contributed by atoms with Gasteiger partial charge >= 0.3 is 5.97 Å². The smallest absolute Gasteiger partial charge is 0.354 e. The van der Waals surface area contributed by atoms with Gasteiger partial charge in [-0.15, -0.1) is 0 Å². The minimum absolute atomic E-state index is 0.0180. The van der Waals surface area contributed by atoms with E-state index in [0.717, 1.165) is 0 Å². The van der Waals surface area contributed by atoms with Crippen LogP contribution in [0.1, 0.15) is 37.7 Å². The van der Waals surface area contributed by atoms with Gasteiger partial charge in [-0.2, -0.15) is 0 Å². The first-order valence-corrected chi connectivity index (χ1v) is 7.01. The van der Waals surface area contributed by atoms with E-state index in [4.69, 9.17) is 0 Å². The van der Waals surface area contributed by atoms with Crippen LogP contribution in [0.3, 0.4) is 0 Å². The van der Waals surface area contributed by atoms with E-state index >= 15 is 0 Å². The number of methoxy groups -OCH3 is 1. The van der Waals surface area contributed by atoms with Crippen molar-refractivity contribution in [1.82, 2.24) is 9.71 Å². The third kappa shape index (κ3) is 3.33. The van der Waals surface area contributed by atoms with Gasteiger partial charge in [0, 0.05) is 11.7 Å². The third-order valence-electron chi connectivity index (χ3n) is 2.67. The average Bonchev–Trinajstić information content (AvgIpc) is 2.76. The molecule has 0 aliphatic rings. The summed E-state index contributed by atoms with van der Waals surface area (Å²) in [6.45, 7) is 5.47. The quantitative estimate of drug-likeness (QED) is 0.791. The van der Waals surface area contributed by atoms with Gasteiger partial charge in [-0.05, 0) is 26.3 Å². The van der Waals surface area contributed by atoms with Crippen molar-refractivity contribution in [1.29, 1.82) is 0 Å². The van der Waals surface area contributed by atoms with E-state index in [0.29, 0.717) is 6.42 Å². The van der Waals surface area contributed by atoms with Crippen molar-refractivity contribution in [2.75, 3.05) is 7.11 Å². The highest BCUT2D eigenvalue weighted by molar-refractivity contribution is 7.89. The fourth-order valence-corrected chi connectivity index (χ4v) is 2.73. The minimum Gasteiger partial charge on any atom is -0.464 e. The van der Waals surface area contributed by atoms with E-state index in [-0.39, 0.29) is 10.6 Å². The van der Waals surface area contributed by atoms with Crippen molar-refractivity contribution in [3.8, 4) is 0 Å². The molecule has 0 saturated heterocycles. The summed E-state index contributed by atoms with van der Waals surface area (Å²) in [5.41, 5.74) is -0.436. The number of hydrogen-bond donors (Lipinski definition) is 2. The van der Waals surface area contributed by atoms with Gasteiger partial charge in [-0.25, -0.2) is 17.9 Å². The molecule has 1 aromatic heterocycles. The SMILES string of the molecule is CCC(C)(C)NS(=O)(=O)c1c[nH]c(C(=O)OC)c1. The molecule has 0 aromatic carbocycles. The molecular weight excluding hydrogens is 256 g/mol. The van der Waals surface area contributed by atoms with E-state index in [1.165, 1.54) is 19.4 Å². The summed E-state index contributed by atoms with van der Waals surface area (Å²) in [6.07, 6.45) is 1.92. The number of H-pyrrole nitrogens is 1. The van der Waals surface area contributed by atoms with E-state index in [1.807, 2.05) is 6.92 Å². The molecule has 18 heavy (non-hydrogen) atoms. The Morgan fingerprint density at radius 1 is 1.50 bits per heavy atom. The average molecular weight is 274 g/mol. The molecule has 0 bridgehead atoms. The predicted octanol–water partition coefficient (Wildman–Crippen LogP) is 1.27. The van der Waals surface area contributed by atoms with Crippen molar-refractivity contribution in [3.63, 3.8) is 0 Å². The molecule has 0 unspecified atom stereocenters. The standard InChI is InChI=1S/C11H18N2O4S/c1-5-11(2,3)13-18(15,16)8-6-9(12-7-8)10(14)17-4/h6-7,12-13H,5H2,1-4H3. The molecule has 0 aliphatic heterocycles. The first-order valence-electron chi connectivity index (χ1n) is 5.52. The molecule has 2 N–H and O–H groups in total. The molecule has 0 saturated carbocycles. The Kier molecular flexibility index (Phi) is 4.18. The van der Waals surface area contributed by atoms with Gasteiger partial charge in [0.15, 0.2) is 0 Å². The van der Waals surface area contributed by atoms with E-state index in [1.54, 1.807) is 13.8 Å². The molecule has 0 radical (unpaired) electrons. The van der Waals surface area contributed by atoms with Crippen LogP contribution in [0.2, 0.25) is 0 Å². The van der Waals surface area contributed by atoms with Crippen molar-refractivity contribution in [3.05, 3.63) is 18.0 Å². The van der Waals surface area contributed by atoms with Crippen LogP contribution in [-0.4, -0.2) is 32.0 Å². The molecule has 1 heterocycles. The predicted molar refractivity (Wildman–Crippen MR) is 66.8 cm³/mol. The Hall–Kier alpha value is -1.34. The van der Waals surface area contributed by atoms with Gasteiger partial charge in [0.05, 0.1) is 7.11 Å². The summed E-state index contributed by atoms with van der Waals surface area (Å²) < 4.78 is 31.2. The van der Waals surface area contributed by atoms with Crippen molar-refractivity contribution in [2.24, 2.45) is 0 Å². The van der Waals surface area contributed by atoms with Crippen LogP contribution in [0.4, 0.5) is 0 Å². The van der Waals surface area contributed by atoms with Crippen molar-refractivity contribution >= 4 is 16.0 Å². The Labute approximate surface area is 107 Å². The van der Waals surface area contributed by atoms with Gasteiger partial charge in [0.2, 0.25) is 10.0 Å². The second kappa shape index (κ2) is 5.11. The van der Waals surface area contributed by atoms with Crippen molar-refractivity contribution < 1.29 is 17.9 Å². The second-order valence-electron chi connectivity index (χ2n) is 4.58. The summed E-state index contributed by atoms with van der Waals surface area (Å²) in [5, 5.41) is 0. The van der Waals surface area contributed by atoms with Crippen LogP contribution in [-0.2, 0) is 14.8 Å². The zero-order valence-electron chi connectivity index (χ0n) is 10.9. The highest BCUT2D eigenvalue weighted by atomic mass is 32.2. The van der Waals surface area contributed by atoms with E-state index < -0.39 is 21.5 Å². The zero-order chi connectivity index (χ0) is 14.0. The molecule has 0 fully saturated rings. The first kappa shape index (κ1) is 14.7. The Bertz CT molecular complexity index is 531. The highest BCUT2D eigenvalue weighted by Crippen LogP contribution is 2.16. The molecule has 0 atom stereocenters. The Morgan fingerprint density at radius 2 is 2.11 bits per heavy atom. The van der Waals surface area contributed by atoms with Crippen LogP contribution in [0.5, 0.6) is 0 Å². The van der Waals surface area contributed by atoms with Crippen LogP contribution in [0, 0.1) is 0 Å². The van der Waals surface area contributed by atoms with Gasteiger partial charge in [0.25, 0.3) is 0 Å². The number of carbonyl (C=O) groups is 1. The van der Waals surface area contributed by atoms with Crippen LogP contribution in [0.15, 0.2) is 17.2 Å². The summed E-state index contributed by atoms with van der Waals surface area (Å²) in [5.74, 6) is -0.605. The number of aromatic nitrogens is 1. The number of nitrogens with one attached hydrogen (secondary N) is 2. The van der Waals surface area contributed by atoms with Gasteiger partial charge < -0.3 is 9.72 Å². The Balaban J connectivity index is 3.00. The molecule has 0 spiro atoms. The lowest BCUT2D eigenvalue weighted by Gasteiger charge is -2.23. The van der Waals surface area contributed by atoms with Gasteiger partial charge in [0.1, 0.15) is 10.6 Å². The summed E-state index contributed by atoms with van der Waals surface area (Å²) in [7, 11) is -2.41. The maximum atomic E-state index is 12.0. The van der Waals surface area contributed by atoms with Crippen LogP contribution in [0.25, 0.3) is 0 Å². The number of sulfonamides is 1. The normalized spacial score (nSPS) is 12.4. The van der Waals surface area contributed by atoms with Gasteiger partial charge in [-0.1, -0.05) is 6.92 Å². The fourth-order valence-electron chi connectivity index (χ4n) is 1.25. The number of ether oxygens (including phenoxy) is 1. The number of hydrogen-bond acceptors (Lipinski definition) is 4. The van der Waals surface area contributed by atoms with Crippen LogP contribution >= 0.6 is 0 Å². The fraction of sp³-hybridized carbons (Fsp3) is 0.545. The van der Waals surface area contributed by atoms with E-state index in [9.17, 15) is 13.2 Å². The molecule has 0 amide bonds. The third-order valence-corrected chi connectivity index (χ3v) is 4.34. The molecule has 1 rings (SSSR count). The summed E-state index contributed by atoms with van der Waals surface area (Å²) in [6, 6.07) is 1.25. The monoisotopic (exact) mass is 274 g/mol. The number of rotatable bonds is 5. The van der Waals surface area contributed by atoms with Gasteiger partial charge in [-0.3, -0.25) is 0 Å². The minimum atomic E-state index is -3.64. The lowest BCUT2D eigenvalue weighted by Crippen LogP contribution is -2.42. The highest BCUT2D eigenvalue weighted by Gasteiger charge is 2.26. The molecule has 7 heteroatoms. The lowest BCUT2D eigenvalue weighted by atomic mass is 10.0. The lowest BCUT2D eigenvalue weighted by molar-refractivity contribution is 0.0595. The molecular formula is C11H18N2O4S. The molecule has 1 aromatic rings. The van der Waals surface area contributed by atoms with Crippen molar-refractivity contribution in [2.45, 2.75) is 37.6 Å². The number of aromatic amines is 1.